The van der Waals surface area contributed by atoms with Crippen LogP contribution in [0.1, 0.15) is 11.1 Å². The molecule has 8 aromatic rings. The fraction of sp³-hybridized carbons (Fsp3) is 0.167. The van der Waals surface area contributed by atoms with E-state index in [4.69, 9.17) is 47.3 Å². The van der Waals surface area contributed by atoms with Crippen molar-refractivity contribution in [3.63, 3.8) is 0 Å². The van der Waals surface area contributed by atoms with Gasteiger partial charge in [0.1, 0.15) is 34.6 Å². The van der Waals surface area contributed by atoms with Crippen molar-refractivity contribution >= 4 is 49.1 Å². The highest BCUT2D eigenvalue weighted by molar-refractivity contribution is 7.48. The molecule has 0 atom stereocenters. The van der Waals surface area contributed by atoms with Gasteiger partial charge in [-0.05, 0) is 71.8 Å². The van der Waals surface area contributed by atoms with Gasteiger partial charge in [0.15, 0.2) is 11.6 Å². The molecule has 0 spiro atoms. The second-order valence-electron chi connectivity index (χ2n) is 14.9. The third-order valence-corrected chi connectivity index (χ3v) is 11.5. The average Bonchev–Trinajstić information content (AvgIpc) is 3.32. The maximum absolute atomic E-state index is 14.0. The lowest BCUT2D eigenvalue weighted by Gasteiger charge is -2.21. The lowest BCUT2D eigenvalue weighted by Crippen LogP contribution is -2.12. The normalized spacial score (nSPS) is 11.4. The number of benzene rings is 6. The van der Waals surface area contributed by atoms with Gasteiger partial charge in [-0.15, -0.1) is 0 Å². The number of aromatic nitrogens is 4. The Morgan fingerprint density at radius 1 is 0.500 bits per heavy atom. The molecule has 2 aromatic heterocycles. The van der Waals surface area contributed by atoms with E-state index in [9.17, 15) is 9.13 Å². The maximum atomic E-state index is 14.0. The minimum atomic E-state index is -4.71. The molecule has 340 valence electrons. The Balaban J connectivity index is 0.000000215. The molecule has 0 saturated carbocycles. The van der Waals surface area contributed by atoms with E-state index in [1.54, 1.807) is 56.7 Å². The number of fused-ring (bicyclic) bond motifs is 2. The molecule has 0 fully saturated rings. The van der Waals surface area contributed by atoms with Crippen molar-refractivity contribution in [2.75, 3.05) is 52.2 Å². The lowest BCUT2D eigenvalue weighted by atomic mass is 10.1. The predicted octanol–water partition coefficient (Wildman–Crippen LogP) is 10.1. The summed E-state index contributed by atoms with van der Waals surface area (Å²) in [6, 6.07) is 43.6. The van der Waals surface area contributed by atoms with Crippen LogP contribution in [0.5, 0.6) is 23.0 Å². The van der Waals surface area contributed by atoms with Gasteiger partial charge in [-0.1, -0.05) is 84.9 Å². The lowest BCUT2D eigenvalue weighted by molar-refractivity contribution is 0.143. The van der Waals surface area contributed by atoms with Gasteiger partial charge in [-0.2, -0.15) is 0 Å². The molecule has 18 heteroatoms. The fourth-order valence-electron chi connectivity index (χ4n) is 6.62. The monoisotopic (exact) mass is 930 g/mol. The summed E-state index contributed by atoms with van der Waals surface area (Å²) in [4.78, 5) is 40.7. The molecule has 0 radical (unpaired) electrons. The summed E-state index contributed by atoms with van der Waals surface area (Å²) in [5.74, 6) is 3.75. The van der Waals surface area contributed by atoms with Crippen LogP contribution in [-0.2, 0) is 31.4 Å². The van der Waals surface area contributed by atoms with Crippen LogP contribution in [0.4, 0.5) is 11.6 Å². The van der Waals surface area contributed by atoms with Crippen LogP contribution in [0.15, 0.2) is 146 Å². The smallest absolute Gasteiger partial charge is 0.497 e. The Morgan fingerprint density at radius 3 is 1.29 bits per heavy atom. The van der Waals surface area contributed by atoms with Gasteiger partial charge in [-0.3, -0.25) is 18.8 Å². The van der Waals surface area contributed by atoms with Crippen LogP contribution in [0.2, 0.25) is 0 Å². The van der Waals surface area contributed by atoms with Crippen LogP contribution >= 0.6 is 15.6 Å². The Bertz CT molecular complexity index is 2980. The minimum absolute atomic E-state index is 0.0124. The number of methoxy groups -OCH3 is 2. The number of rotatable bonds is 16. The number of ether oxygens (including phenoxy) is 2. The summed E-state index contributed by atoms with van der Waals surface area (Å²) >= 11 is 0. The van der Waals surface area contributed by atoms with E-state index in [2.05, 4.69) is 9.97 Å². The molecule has 0 unspecified atom stereocenters. The SMILES string of the molecule is COc1ccc2nc(-c3ccccc3OP(=O)(O)O)nc(N(C)C)c2c1.COc1ccc2nc(-c3ccccc3OP(=O)(OCc3ccccc3)OCc3ccccc3)nc(N(C)C)c2c1. The topological polar surface area (TPSA) is 188 Å². The molecule has 2 N–H and O–H groups in total. The van der Waals surface area contributed by atoms with Crippen LogP contribution < -0.4 is 28.3 Å². The van der Waals surface area contributed by atoms with Crippen LogP contribution in [0, 0.1) is 0 Å². The summed E-state index contributed by atoms with van der Waals surface area (Å²) in [6.45, 7) is 0.0995. The number of phosphoric ester groups is 2. The largest absolute Gasteiger partial charge is 0.530 e. The van der Waals surface area contributed by atoms with E-state index < -0.39 is 15.6 Å². The van der Waals surface area contributed by atoms with Crippen molar-refractivity contribution in [1.82, 2.24) is 19.9 Å². The van der Waals surface area contributed by atoms with Crippen LogP contribution in [0.3, 0.4) is 0 Å². The quantitative estimate of drug-likeness (QED) is 0.0870. The first-order valence-corrected chi connectivity index (χ1v) is 23.4. The molecule has 0 bridgehead atoms. The van der Waals surface area contributed by atoms with Crippen molar-refractivity contribution in [3.05, 3.63) is 157 Å². The van der Waals surface area contributed by atoms with E-state index in [0.29, 0.717) is 51.4 Å². The molecular formula is C48H48N6O10P2. The Hall–Kier alpha value is -6.90. The van der Waals surface area contributed by atoms with Crippen molar-refractivity contribution < 1.29 is 46.5 Å². The van der Waals surface area contributed by atoms with Crippen LogP contribution in [0.25, 0.3) is 44.6 Å². The van der Waals surface area contributed by atoms with Gasteiger partial charge in [0, 0.05) is 39.0 Å². The van der Waals surface area contributed by atoms with Gasteiger partial charge in [-0.25, -0.2) is 29.1 Å². The van der Waals surface area contributed by atoms with Crippen molar-refractivity contribution in [3.8, 4) is 45.8 Å². The zero-order chi connectivity index (χ0) is 46.8. The number of phosphoric acid groups is 2. The second kappa shape index (κ2) is 20.9. The summed E-state index contributed by atoms with van der Waals surface area (Å²) < 4.78 is 58.5. The highest BCUT2D eigenvalue weighted by Gasteiger charge is 2.31. The van der Waals surface area contributed by atoms with E-state index in [1.807, 2.05) is 135 Å². The molecule has 0 saturated heterocycles. The van der Waals surface area contributed by atoms with Gasteiger partial charge in [0.25, 0.3) is 0 Å². The van der Waals surface area contributed by atoms with Gasteiger partial charge in [0.05, 0.1) is 49.6 Å². The van der Waals surface area contributed by atoms with Gasteiger partial charge in [0.2, 0.25) is 0 Å². The third-order valence-electron chi connectivity index (χ3n) is 9.76. The molecule has 0 aliphatic rings. The summed E-state index contributed by atoms with van der Waals surface area (Å²) in [6.07, 6.45) is 0. The van der Waals surface area contributed by atoms with E-state index in [-0.39, 0.29) is 24.7 Å². The first-order chi connectivity index (χ1) is 31.7. The van der Waals surface area contributed by atoms with Crippen molar-refractivity contribution in [2.45, 2.75) is 13.2 Å². The second-order valence-corrected chi connectivity index (χ2v) is 17.7. The average molecular weight is 931 g/mol. The number of nitrogens with zero attached hydrogens (tertiary/aromatic N) is 6. The Kier molecular flexibility index (Phi) is 14.9. The highest BCUT2D eigenvalue weighted by Crippen LogP contribution is 2.53. The first-order valence-electron chi connectivity index (χ1n) is 20.4. The van der Waals surface area contributed by atoms with Crippen molar-refractivity contribution in [2.24, 2.45) is 0 Å². The molecule has 16 nitrogen and oxygen atoms in total. The summed E-state index contributed by atoms with van der Waals surface area (Å²) in [5, 5.41) is 1.64. The highest BCUT2D eigenvalue weighted by atomic mass is 31.2. The van der Waals surface area contributed by atoms with Crippen LogP contribution in [-0.4, -0.2) is 72.1 Å². The predicted molar refractivity (Wildman–Crippen MR) is 255 cm³/mol. The van der Waals surface area contributed by atoms with E-state index in [0.717, 1.165) is 27.4 Å². The summed E-state index contributed by atoms with van der Waals surface area (Å²) in [5.41, 5.74) is 4.02. The summed E-state index contributed by atoms with van der Waals surface area (Å²) in [7, 11) is 1.93. The Labute approximate surface area is 382 Å². The van der Waals surface area contributed by atoms with Gasteiger partial charge >= 0.3 is 15.6 Å². The molecule has 6 aromatic carbocycles. The molecular weight excluding hydrogens is 883 g/mol. The molecule has 66 heavy (non-hydrogen) atoms. The number of anilines is 2. The molecule has 8 rings (SSSR count). The van der Waals surface area contributed by atoms with Gasteiger partial charge < -0.3 is 28.3 Å². The van der Waals surface area contributed by atoms with E-state index in [1.165, 1.54) is 6.07 Å². The fourth-order valence-corrected chi connectivity index (χ4v) is 8.23. The molecule has 2 heterocycles. The first kappa shape index (κ1) is 47.1. The Morgan fingerprint density at radius 2 is 0.894 bits per heavy atom. The number of para-hydroxylation sites is 2. The number of hydrogen-bond donors (Lipinski definition) is 2. The van der Waals surface area contributed by atoms with E-state index >= 15 is 0 Å². The zero-order valence-electron chi connectivity index (χ0n) is 37.0. The standard InChI is InChI=1S/C31H30N3O5P.C17H18N3O5P/c1-34(2)31-27-20-25(36-3)18-19-28(27)32-30(33-31)26-16-10-11-17-29(26)39-40(35,37-21-23-12-6-4-7-13-23)38-22-24-14-8-5-9-15-24;1-20(2)17-13-10-11(24-3)8-9-14(13)18-16(19-17)12-6-4-5-7-15(12)25-26(21,22)23/h4-20H,21-22H2,1-3H3;4-10H,1-3H3,(H2,21,22,23). The minimum Gasteiger partial charge on any atom is -0.497 e. The zero-order valence-corrected chi connectivity index (χ0v) is 38.8. The molecule has 0 aliphatic heterocycles. The number of hydrogen-bond acceptors (Lipinski definition) is 14. The molecule has 0 amide bonds. The maximum Gasteiger partial charge on any atom is 0.530 e. The van der Waals surface area contributed by atoms with Crippen molar-refractivity contribution in [1.29, 1.82) is 0 Å². The third kappa shape index (κ3) is 11.9. The molecule has 0 aliphatic carbocycles.